The largest absolute Gasteiger partial charge is 0.422 e. The van der Waals surface area contributed by atoms with Crippen molar-refractivity contribution in [2.75, 3.05) is 0 Å². The maximum Gasteiger partial charge on any atom is 0.229 e. The number of allylic oxidation sites excluding steroid dienone is 1. The highest BCUT2D eigenvalue weighted by Gasteiger charge is 2.36. The standard InChI is InChI=1S/C20H17N5O/c1-12-3-5-15(6-4-12)25-20-17(13(2)24-25)18(14-7-9-23-10-8-14)16(11-21)19(22)26-20/h3-10,18H,22H2,1-2H3/p+1. The van der Waals surface area contributed by atoms with Crippen LogP contribution < -0.4 is 15.5 Å². The van der Waals surface area contributed by atoms with Crippen LogP contribution in [0.3, 0.4) is 0 Å². The summed E-state index contributed by atoms with van der Waals surface area (Å²) in [5.41, 5.74) is 11.2. The van der Waals surface area contributed by atoms with Crippen LogP contribution in [0.4, 0.5) is 0 Å². The number of nitriles is 1. The second-order valence-corrected chi connectivity index (χ2v) is 6.31. The number of nitrogens with one attached hydrogen (secondary N) is 1. The first-order valence-electron chi connectivity index (χ1n) is 8.30. The molecule has 0 aliphatic carbocycles. The van der Waals surface area contributed by atoms with E-state index in [1.165, 1.54) is 0 Å². The van der Waals surface area contributed by atoms with Gasteiger partial charge in [0.25, 0.3) is 0 Å². The summed E-state index contributed by atoms with van der Waals surface area (Å²) in [5, 5.41) is 14.3. The van der Waals surface area contributed by atoms with Gasteiger partial charge in [-0.15, -0.1) is 0 Å². The van der Waals surface area contributed by atoms with Crippen LogP contribution in [0, 0.1) is 25.2 Å². The van der Waals surface area contributed by atoms with Crippen molar-refractivity contribution in [3.8, 4) is 17.6 Å². The van der Waals surface area contributed by atoms with Crippen molar-refractivity contribution in [2.45, 2.75) is 19.8 Å². The van der Waals surface area contributed by atoms with Crippen molar-refractivity contribution in [1.82, 2.24) is 9.78 Å². The highest BCUT2D eigenvalue weighted by molar-refractivity contribution is 5.56. The molecular formula is C20H18N5O+. The molecule has 0 bridgehead atoms. The Morgan fingerprint density at radius 1 is 1.15 bits per heavy atom. The summed E-state index contributed by atoms with van der Waals surface area (Å²) in [6.45, 7) is 3.96. The van der Waals surface area contributed by atoms with Gasteiger partial charge in [-0.2, -0.15) is 10.4 Å². The Balaban J connectivity index is 1.95. The smallest absolute Gasteiger partial charge is 0.229 e. The van der Waals surface area contributed by atoms with Gasteiger partial charge >= 0.3 is 0 Å². The number of rotatable bonds is 2. The van der Waals surface area contributed by atoms with E-state index in [1.54, 1.807) is 4.68 Å². The Morgan fingerprint density at radius 2 is 1.85 bits per heavy atom. The number of aromatic nitrogens is 3. The molecule has 0 fully saturated rings. The van der Waals surface area contributed by atoms with E-state index in [1.807, 2.05) is 62.6 Å². The summed E-state index contributed by atoms with van der Waals surface area (Å²) < 4.78 is 7.59. The number of benzene rings is 1. The van der Waals surface area contributed by atoms with E-state index in [-0.39, 0.29) is 11.8 Å². The molecular weight excluding hydrogens is 326 g/mol. The van der Waals surface area contributed by atoms with Crippen LogP contribution in [0.15, 0.2) is 60.2 Å². The van der Waals surface area contributed by atoms with Gasteiger partial charge in [-0.05, 0) is 31.5 Å². The normalized spacial score (nSPS) is 16.0. The number of nitrogens with zero attached hydrogens (tertiary/aromatic N) is 3. The van der Waals surface area contributed by atoms with Gasteiger partial charge in [0.15, 0.2) is 12.4 Å². The van der Waals surface area contributed by atoms with E-state index in [2.05, 4.69) is 16.2 Å². The summed E-state index contributed by atoms with van der Waals surface area (Å²) in [7, 11) is 0. The molecule has 3 N–H and O–H groups in total. The van der Waals surface area contributed by atoms with Gasteiger partial charge in [0.1, 0.15) is 11.6 Å². The second kappa shape index (κ2) is 6.05. The van der Waals surface area contributed by atoms with E-state index in [0.717, 1.165) is 28.1 Å². The summed E-state index contributed by atoms with van der Waals surface area (Å²) in [6, 6.07) is 14.1. The molecule has 3 heterocycles. The number of ether oxygens (including phenoxy) is 1. The third-order valence-corrected chi connectivity index (χ3v) is 4.59. The van der Waals surface area contributed by atoms with E-state index < -0.39 is 0 Å². The predicted molar refractivity (Wildman–Crippen MR) is 95.3 cm³/mol. The van der Waals surface area contributed by atoms with E-state index in [4.69, 9.17) is 10.5 Å². The third-order valence-electron chi connectivity index (χ3n) is 4.59. The minimum absolute atomic E-state index is 0.117. The van der Waals surface area contributed by atoms with Crippen LogP contribution in [0.25, 0.3) is 5.69 Å². The Bertz CT molecular complexity index is 1040. The SMILES string of the molecule is Cc1ccc(-n2nc(C)c3c2OC(N)=C(C#N)C3c2cc[nH+]cc2)cc1. The molecule has 3 aromatic rings. The summed E-state index contributed by atoms with van der Waals surface area (Å²) in [6.07, 6.45) is 3.66. The van der Waals surface area contributed by atoms with Crippen molar-refractivity contribution < 1.29 is 9.72 Å². The molecule has 0 radical (unpaired) electrons. The van der Waals surface area contributed by atoms with Crippen LogP contribution in [0.5, 0.6) is 5.88 Å². The summed E-state index contributed by atoms with van der Waals surface area (Å²) in [5.74, 6) is 0.365. The second-order valence-electron chi connectivity index (χ2n) is 6.31. The number of fused-ring (bicyclic) bond motifs is 1. The molecule has 26 heavy (non-hydrogen) atoms. The Morgan fingerprint density at radius 3 is 2.50 bits per heavy atom. The van der Waals surface area contributed by atoms with Crippen molar-refractivity contribution in [2.24, 2.45) is 5.73 Å². The number of hydrogen-bond acceptors (Lipinski definition) is 4. The number of nitrogens with two attached hydrogens (primary N) is 1. The topological polar surface area (TPSA) is 91.0 Å². The molecule has 1 unspecified atom stereocenters. The molecule has 6 heteroatoms. The Kier molecular flexibility index (Phi) is 3.70. The average Bonchev–Trinajstić information content (AvgIpc) is 2.98. The zero-order valence-electron chi connectivity index (χ0n) is 14.5. The molecule has 1 aliphatic rings. The minimum Gasteiger partial charge on any atom is -0.422 e. The zero-order valence-corrected chi connectivity index (χ0v) is 14.5. The lowest BCUT2D eigenvalue weighted by Gasteiger charge is -2.24. The maximum atomic E-state index is 9.66. The lowest BCUT2D eigenvalue weighted by Crippen LogP contribution is -2.22. The van der Waals surface area contributed by atoms with Gasteiger partial charge in [-0.25, -0.2) is 9.67 Å². The lowest BCUT2D eigenvalue weighted by atomic mass is 9.84. The first kappa shape index (κ1) is 15.9. The number of H-pyrrole nitrogens is 1. The van der Waals surface area contributed by atoms with Gasteiger partial charge in [-0.1, -0.05) is 17.7 Å². The van der Waals surface area contributed by atoms with Gasteiger partial charge in [0.05, 0.1) is 22.9 Å². The quantitative estimate of drug-likeness (QED) is 0.773. The predicted octanol–water partition coefficient (Wildman–Crippen LogP) is 2.52. The number of aromatic amines is 1. The van der Waals surface area contributed by atoms with Crippen molar-refractivity contribution in [1.29, 1.82) is 5.26 Å². The van der Waals surface area contributed by atoms with Crippen LogP contribution in [-0.4, -0.2) is 9.78 Å². The summed E-state index contributed by atoms with van der Waals surface area (Å²) in [4.78, 5) is 3.01. The fourth-order valence-electron chi connectivity index (χ4n) is 3.30. The van der Waals surface area contributed by atoms with Crippen LogP contribution in [-0.2, 0) is 0 Å². The lowest BCUT2D eigenvalue weighted by molar-refractivity contribution is -0.378. The van der Waals surface area contributed by atoms with Crippen LogP contribution in [0.1, 0.15) is 28.3 Å². The van der Waals surface area contributed by atoms with Crippen LogP contribution >= 0.6 is 0 Å². The van der Waals surface area contributed by atoms with Gasteiger partial charge < -0.3 is 10.5 Å². The third kappa shape index (κ3) is 2.42. The monoisotopic (exact) mass is 344 g/mol. The molecule has 128 valence electrons. The molecule has 0 spiro atoms. The molecule has 4 rings (SSSR count). The highest BCUT2D eigenvalue weighted by Crippen LogP contribution is 2.44. The number of hydrogen-bond donors (Lipinski definition) is 1. The van der Waals surface area contributed by atoms with Gasteiger partial charge in [-0.3, -0.25) is 0 Å². The minimum atomic E-state index is -0.308. The molecule has 0 saturated heterocycles. The van der Waals surface area contributed by atoms with Gasteiger partial charge in [0, 0.05) is 12.1 Å². The average molecular weight is 344 g/mol. The van der Waals surface area contributed by atoms with E-state index in [9.17, 15) is 5.26 Å². The first-order chi connectivity index (χ1) is 12.6. The molecule has 1 aromatic carbocycles. The van der Waals surface area contributed by atoms with E-state index >= 15 is 0 Å². The Labute approximate surface area is 151 Å². The first-order valence-corrected chi connectivity index (χ1v) is 8.30. The molecule has 0 saturated carbocycles. The molecule has 0 amide bonds. The van der Waals surface area contributed by atoms with Crippen molar-refractivity contribution in [3.05, 3.63) is 82.6 Å². The molecule has 2 aromatic heterocycles. The molecule has 1 aliphatic heterocycles. The molecule has 1 atom stereocenters. The highest BCUT2D eigenvalue weighted by atomic mass is 16.5. The van der Waals surface area contributed by atoms with Gasteiger partial charge in [0.2, 0.25) is 11.8 Å². The van der Waals surface area contributed by atoms with Crippen molar-refractivity contribution >= 4 is 0 Å². The number of pyridine rings is 1. The fraction of sp³-hybridized carbons (Fsp3) is 0.150. The zero-order chi connectivity index (χ0) is 18.3. The number of aryl methyl sites for hydroxylation is 2. The van der Waals surface area contributed by atoms with E-state index in [0.29, 0.717) is 11.5 Å². The summed E-state index contributed by atoms with van der Waals surface area (Å²) >= 11 is 0. The van der Waals surface area contributed by atoms with Crippen LogP contribution in [0.2, 0.25) is 0 Å². The maximum absolute atomic E-state index is 9.66. The molecule has 6 nitrogen and oxygen atoms in total. The fourth-order valence-corrected chi connectivity index (χ4v) is 3.30. The Hall–Kier alpha value is -3.59. The van der Waals surface area contributed by atoms with Crippen molar-refractivity contribution in [3.63, 3.8) is 0 Å².